The third kappa shape index (κ3) is 3.13. The summed E-state index contributed by atoms with van der Waals surface area (Å²) in [6.07, 6.45) is -0.952. The first kappa shape index (κ1) is 17.5. The second kappa shape index (κ2) is 6.38. The summed E-state index contributed by atoms with van der Waals surface area (Å²) >= 11 is 5.98. The predicted molar refractivity (Wildman–Crippen MR) is 87.6 cm³/mol. The third-order valence-corrected chi connectivity index (χ3v) is 4.86. The molecular weight excluding hydrogens is 373 g/mol. The van der Waals surface area contributed by atoms with E-state index in [4.69, 9.17) is 11.6 Å². The van der Waals surface area contributed by atoms with Crippen LogP contribution in [0.5, 0.6) is 0 Å². The number of nitrogens with one attached hydrogen (secondary N) is 3. The maximum absolute atomic E-state index is 12.8. The molecule has 0 aromatic carbocycles. The SMILES string of the molecule is O=C1NC(N2CCCC2)NC2NN(c3ncc(C(F)(F)F)cc3Cl)C=C12. The Balaban J connectivity index is 1.54. The van der Waals surface area contributed by atoms with E-state index in [1.54, 1.807) is 0 Å². The van der Waals surface area contributed by atoms with Gasteiger partial charge in [-0.15, -0.1) is 0 Å². The quantitative estimate of drug-likeness (QED) is 0.711. The number of hydrogen-bond acceptors (Lipinski definition) is 6. The molecule has 4 heterocycles. The fourth-order valence-electron chi connectivity index (χ4n) is 3.27. The minimum absolute atomic E-state index is 0.0916. The van der Waals surface area contributed by atoms with Gasteiger partial charge < -0.3 is 5.32 Å². The summed E-state index contributed by atoms with van der Waals surface area (Å²) in [6.45, 7) is 1.78. The van der Waals surface area contributed by atoms with Gasteiger partial charge in [-0.3, -0.25) is 20.0 Å². The number of nitrogens with zero attached hydrogens (tertiary/aromatic N) is 3. The molecule has 1 aromatic heterocycles. The summed E-state index contributed by atoms with van der Waals surface area (Å²) in [5, 5.41) is 7.34. The molecule has 1 amide bonds. The van der Waals surface area contributed by atoms with Crippen LogP contribution in [0, 0.1) is 0 Å². The lowest BCUT2D eigenvalue weighted by molar-refractivity contribution is -0.137. The number of hydrazine groups is 1. The number of pyridine rings is 1. The van der Waals surface area contributed by atoms with E-state index in [-0.39, 0.29) is 23.0 Å². The molecule has 0 bridgehead atoms. The van der Waals surface area contributed by atoms with Gasteiger partial charge in [0.2, 0.25) is 0 Å². The maximum Gasteiger partial charge on any atom is 0.417 e. The van der Waals surface area contributed by atoms with Gasteiger partial charge in [0.15, 0.2) is 5.82 Å². The highest BCUT2D eigenvalue weighted by atomic mass is 35.5. The van der Waals surface area contributed by atoms with Crippen LogP contribution in [0.3, 0.4) is 0 Å². The van der Waals surface area contributed by atoms with Crippen molar-refractivity contribution in [2.75, 3.05) is 18.1 Å². The highest BCUT2D eigenvalue weighted by Crippen LogP contribution is 2.34. The van der Waals surface area contributed by atoms with Crippen molar-refractivity contribution in [3.05, 3.63) is 34.6 Å². The molecule has 11 heteroatoms. The number of aromatic nitrogens is 1. The van der Waals surface area contributed by atoms with Gasteiger partial charge in [-0.1, -0.05) is 11.6 Å². The average Bonchev–Trinajstić information content (AvgIpc) is 3.23. The van der Waals surface area contributed by atoms with Gasteiger partial charge in [0.25, 0.3) is 5.91 Å². The lowest BCUT2D eigenvalue weighted by atomic mass is 10.2. The Morgan fingerprint density at radius 1 is 1.27 bits per heavy atom. The monoisotopic (exact) mass is 388 g/mol. The molecule has 26 heavy (non-hydrogen) atoms. The van der Waals surface area contributed by atoms with Crippen molar-refractivity contribution < 1.29 is 18.0 Å². The van der Waals surface area contributed by atoms with E-state index >= 15 is 0 Å². The van der Waals surface area contributed by atoms with E-state index in [0.717, 1.165) is 32.0 Å². The third-order valence-electron chi connectivity index (χ3n) is 4.58. The number of rotatable bonds is 2. The summed E-state index contributed by atoms with van der Waals surface area (Å²) in [4.78, 5) is 18.3. The van der Waals surface area contributed by atoms with Gasteiger partial charge in [-0.25, -0.2) is 10.4 Å². The molecular formula is C15H16ClF3N6O. The molecule has 1 aromatic rings. The zero-order valence-corrected chi connectivity index (χ0v) is 14.2. The molecule has 2 saturated heterocycles. The van der Waals surface area contributed by atoms with Crippen LogP contribution in [-0.2, 0) is 11.0 Å². The van der Waals surface area contributed by atoms with Crippen molar-refractivity contribution in [3.8, 4) is 0 Å². The Morgan fingerprint density at radius 2 is 2.00 bits per heavy atom. The molecule has 7 nitrogen and oxygen atoms in total. The summed E-state index contributed by atoms with van der Waals surface area (Å²) in [6, 6.07) is 0.812. The summed E-state index contributed by atoms with van der Waals surface area (Å²) in [5.41, 5.74) is 2.49. The number of amides is 1. The lowest BCUT2D eigenvalue weighted by Crippen LogP contribution is -2.66. The fraction of sp³-hybridized carbons (Fsp3) is 0.467. The van der Waals surface area contributed by atoms with Crippen LogP contribution < -0.4 is 21.1 Å². The van der Waals surface area contributed by atoms with Crippen molar-refractivity contribution in [3.63, 3.8) is 0 Å². The van der Waals surface area contributed by atoms with Crippen LogP contribution >= 0.6 is 11.6 Å². The standard InChI is InChI=1S/C15H16ClF3N6O/c16-10-5-8(15(17,18)19)6-20-12(10)25-7-9-11(23-25)21-14(22-13(9)26)24-3-1-2-4-24/h5-7,11,14,21,23H,1-4H2,(H,22,26). The Hall–Kier alpha value is -1.88. The summed E-state index contributed by atoms with van der Waals surface area (Å²) in [5.74, 6) is -0.155. The van der Waals surface area contributed by atoms with Crippen LogP contribution in [0.1, 0.15) is 18.4 Å². The first-order valence-electron chi connectivity index (χ1n) is 8.14. The minimum Gasteiger partial charge on any atom is -0.324 e. The van der Waals surface area contributed by atoms with Crippen molar-refractivity contribution in [1.29, 1.82) is 0 Å². The predicted octanol–water partition coefficient (Wildman–Crippen LogP) is 1.39. The molecule has 3 aliphatic rings. The molecule has 3 N–H and O–H groups in total. The zero-order chi connectivity index (χ0) is 18.5. The topological polar surface area (TPSA) is 72.5 Å². The van der Waals surface area contributed by atoms with E-state index < -0.39 is 17.9 Å². The smallest absolute Gasteiger partial charge is 0.324 e. The highest BCUT2D eigenvalue weighted by molar-refractivity contribution is 6.33. The minimum atomic E-state index is -4.52. The van der Waals surface area contributed by atoms with Gasteiger partial charge in [0.05, 0.1) is 16.2 Å². The first-order chi connectivity index (χ1) is 12.3. The number of fused-ring (bicyclic) bond motifs is 1. The number of anilines is 1. The van der Waals surface area contributed by atoms with E-state index in [9.17, 15) is 18.0 Å². The molecule has 4 rings (SSSR count). The maximum atomic E-state index is 12.8. The number of carbonyl (C=O) groups excluding carboxylic acids is 1. The molecule has 0 spiro atoms. The van der Waals surface area contributed by atoms with Crippen molar-refractivity contribution in [2.24, 2.45) is 0 Å². The Labute approximate surface area is 152 Å². The number of halogens is 4. The van der Waals surface area contributed by atoms with Crippen molar-refractivity contribution in [1.82, 2.24) is 25.9 Å². The number of carbonyl (C=O) groups is 1. The highest BCUT2D eigenvalue weighted by Gasteiger charge is 2.40. The van der Waals surface area contributed by atoms with Crippen LogP contribution in [0.4, 0.5) is 19.0 Å². The molecule has 2 fully saturated rings. The molecule has 0 saturated carbocycles. The van der Waals surface area contributed by atoms with Gasteiger partial charge in [0, 0.05) is 25.5 Å². The molecule has 3 aliphatic heterocycles. The summed E-state index contributed by atoms with van der Waals surface area (Å²) < 4.78 is 38.3. The fourth-order valence-corrected chi connectivity index (χ4v) is 3.52. The van der Waals surface area contributed by atoms with Crippen molar-refractivity contribution >= 4 is 23.3 Å². The van der Waals surface area contributed by atoms with E-state index in [2.05, 4.69) is 25.9 Å². The first-order valence-corrected chi connectivity index (χ1v) is 8.51. The molecule has 0 radical (unpaired) electrons. The normalized spacial score (nSPS) is 26.7. The number of likely N-dealkylation sites (tertiary alicyclic amines) is 1. The second-order valence-electron chi connectivity index (χ2n) is 6.33. The lowest BCUT2D eigenvalue weighted by Gasteiger charge is -2.36. The van der Waals surface area contributed by atoms with E-state index in [1.165, 1.54) is 11.2 Å². The molecule has 2 atom stereocenters. The van der Waals surface area contributed by atoms with Gasteiger partial charge in [0.1, 0.15) is 12.5 Å². The van der Waals surface area contributed by atoms with Gasteiger partial charge in [-0.2, -0.15) is 13.2 Å². The van der Waals surface area contributed by atoms with Crippen LogP contribution in [0.15, 0.2) is 24.0 Å². The molecule has 140 valence electrons. The Bertz CT molecular complexity index is 764. The molecule has 0 aliphatic carbocycles. The number of alkyl halides is 3. The van der Waals surface area contributed by atoms with E-state index in [0.29, 0.717) is 11.8 Å². The summed E-state index contributed by atoms with van der Waals surface area (Å²) in [7, 11) is 0. The zero-order valence-electron chi connectivity index (χ0n) is 13.5. The van der Waals surface area contributed by atoms with Gasteiger partial charge >= 0.3 is 6.18 Å². The number of hydrogen-bond donors (Lipinski definition) is 3. The van der Waals surface area contributed by atoms with Crippen molar-refractivity contribution in [2.45, 2.75) is 31.5 Å². The average molecular weight is 389 g/mol. The van der Waals surface area contributed by atoms with Crippen LogP contribution in [0.2, 0.25) is 5.02 Å². The van der Waals surface area contributed by atoms with Crippen LogP contribution in [0.25, 0.3) is 0 Å². The van der Waals surface area contributed by atoms with E-state index in [1.807, 2.05) is 0 Å². The largest absolute Gasteiger partial charge is 0.417 e. The Kier molecular flexibility index (Phi) is 4.30. The second-order valence-corrected chi connectivity index (χ2v) is 6.74. The van der Waals surface area contributed by atoms with Crippen LogP contribution in [-0.4, -0.2) is 41.3 Å². The molecule has 2 unspecified atom stereocenters. The Morgan fingerprint density at radius 3 is 2.65 bits per heavy atom. The van der Waals surface area contributed by atoms with Gasteiger partial charge in [-0.05, 0) is 18.9 Å².